The minimum Gasteiger partial charge on any atom is -0.493 e. The first kappa shape index (κ1) is 23.5. The summed E-state index contributed by atoms with van der Waals surface area (Å²) in [6.45, 7) is 7.50. The zero-order chi connectivity index (χ0) is 24.0. The third-order valence-corrected chi connectivity index (χ3v) is 4.74. The third kappa shape index (κ3) is 6.42. The van der Waals surface area contributed by atoms with Gasteiger partial charge in [0.2, 0.25) is 5.95 Å². The van der Waals surface area contributed by atoms with Crippen molar-refractivity contribution in [1.82, 2.24) is 9.97 Å². The standard InChI is InChI=1S/C24H27N5O4/c1-14-8-15(2)23(16(3)9-14)27-22(31)13-33-19-7-6-18(11-20(19)32-5)12-25-29-24-26-17(4)10-21(30)28-24/h6-12H,13H2,1-5H3,(H,27,31)(H2,26,28,29,30)/b25-12-. The average Bonchev–Trinajstić information content (AvgIpc) is 2.74. The van der Waals surface area contributed by atoms with Crippen molar-refractivity contribution in [3.63, 3.8) is 0 Å². The summed E-state index contributed by atoms with van der Waals surface area (Å²) in [7, 11) is 1.52. The van der Waals surface area contributed by atoms with Crippen molar-refractivity contribution >= 4 is 23.8 Å². The molecule has 1 amide bonds. The first-order chi connectivity index (χ1) is 15.7. The fraction of sp³-hybridized carbons (Fsp3) is 0.250. The summed E-state index contributed by atoms with van der Waals surface area (Å²) in [5.74, 6) is 0.867. The molecule has 0 saturated carbocycles. The lowest BCUT2D eigenvalue weighted by Gasteiger charge is -2.14. The van der Waals surface area contributed by atoms with E-state index in [1.165, 1.54) is 13.2 Å². The van der Waals surface area contributed by atoms with Crippen molar-refractivity contribution in [3.8, 4) is 11.5 Å². The largest absolute Gasteiger partial charge is 0.493 e. The molecule has 0 aliphatic heterocycles. The molecular formula is C24H27N5O4. The second kappa shape index (κ2) is 10.4. The van der Waals surface area contributed by atoms with Crippen molar-refractivity contribution in [2.75, 3.05) is 24.5 Å². The third-order valence-electron chi connectivity index (χ3n) is 4.74. The van der Waals surface area contributed by atoms with Crippen LogP contribution in [0.1, 0.15) is 27.9 Å². The summed E-state index contributed by atoms with van der Waals surface area (Å²) >= 11 is 0. The van der Waals surface area contributed by atoms with Crippen LogP contribution in [0.25, 0.3) is 0 Å². The molecule has 9 heteroatoms. The summed E-state index contributed by atoms with van der Waals surface area (Å²) in [5.41, 5.74) is 7.66. The lowest BCUT2D eigenvalue weighted by molar-refractivity contribution is -0.118. The number of ether oxygens (including phenoxy) is 2. The normalized spacial score (nSPS) is 10.8. The molecule has 0 saturated heterocycles. The molecule has 0 atom stereocenters. The Morgan fingerprint density at radius 1 is 1.09 bits per heavy atom. The number of methoxy groups -OCH3 is 1. The van der Waals surface area contributed by atoms with Crippen molar-refractivity contribution in [1.29, 1.82) is 0 Å². The maximum Gasteiger partial charge on any atom is 0.262 e. The number of amides is 1. The average molecular weight is 450 g/mol. The number of nitrogens with zero attached hydrogens (tertiary/aromatic N) is 2. The van der Waals surface area contributed by atoms with E-state index in [1.807, 2.05) is 32.9 Å². The van der Waals surface area contributed by atoms with Gasteiger partial charge in [-0.1, -0.05) is 17.7 Å². The Kier molecular flexibility index (Phi) is 7.45. The summed E-state index contributed by atoms with van der Waals surface area (Å²) in [5, 5.41) is 6.99. The van der Waals surface area contributed by atoms with Gasteiger partial charge in [-0.2, -0.15) is 5.10 Å². The number of carbonyl (C=O) groups excluding carboxylic acids is 1. The van der Waals surface area contributed by atoms with Gasteiger partial charge < -0.3 is 14.8 Å². The van der Waals surface area contributed by atoms with Gasteiger partial charge in [0.05, 0.1) is 13.3 Å². The number of benzene rings is 2. The monoisotopic (exact) mass is 449 g/mol. The zero-order valence-electron chi connectivity index (χ0n) is 19.3. The highest BCUT2D eigenvalue weighted by molar-refractivity contribution is 5.93. The lowest BCUT2D eigenvalue weighted by Crippen LogP contribution is -2.21. The fourth-order valence-corrected chi connectivity index (χ4v) is 3.38. The first-order valence-electron chi connectivity index (χ1n) is 10.3. The number of anilines is 2. The second-order valence-electron chi connectivity index (χ2n) is 7.63. The van der Waals surface area contributed by atoms with Gasteiger partial charge in [0.15, 0.2) is 18.1 Å². The van der Waals surface area contributed by atoms with Gasteiger partial charge in [-0.15, -0.1) is 0 Å². The molecule has 0 spiro atoms. The van der Waals surface area contributed by atoms with E-state index >= 15 is 0 Å². The molecule has 172 valence electrons. The summed E-state index contributed by atoms with van der Waals surface area (Å²) < 4.78 is 11.1. The van der Waals surface area contributed by atoms with Gasteiger partial charge in [0.1, 0.15) is 0 Å². The molecule has 3 rings (SSSR count). The number of aryl methyl sites for hydroxylation is 4. The fourth-order valence-electron chi connectivity index (χ4n) is 3.38. The molecule has 0 bridgehead atoms. The SMILES string of the molecule is COc1cc(/C=N\Nc2nc(C)cc(=O)[nH]2)ccc1OCC(=O)Nc1c(C)cc(C)cc1C. The molecule has 3 N–H and O–H groups in total. The van der Waals surface area contributed by atoms with E-state index in [9.17, 15) is 9.59 Å². The van der Waals surface area contributed by atoms with E-state index < -0.39 is 0 Å². The van der Waals surface area contributed by atoms with E-state index in [2.05, 4.69) is 25.8 Å². The Morgan fingerprint density at radius 2 is 1.82 bits per heavy atom. The number of H-pyrrole nitrogens is 1. The van der Waals surface area contributed by atoms with Crippen LogP contribution in [-0.4, -0.2) is 35.8 Å². The summed E-state index contributed by atoms with van der Waals surface area (Å²) in [6.07, 6.45) is 1.55. The van der Waals surface area contributed by atoms with Gasteiger partial charge in [0.25, 0.3) is 11.5 Å². The van der Waals surface area contributed by atoms with Gasteiger partial charge in [0, 0.05) is 17.4 Å². The number of aromatic nitrogens is 2. The number of nitrogens with one attached hydrogen (secondary N) is 3. The second-order valence-corrected chi connectivity index (χ2v) is 7.63. The minimum atomic E-state index is -0.264. The van der Waals surface area contributed by atoms with Crippen molar-refractivity contribution in [2.24, 2.45) is 5.10 Å². The topological polar surface area (TPSA) is 118 Å². The Bertz CT molecular complexity index is 1230. The van der Waals surface area contributed by atoms with Crippen LogP contribution in [0.4, 0.5) is 11.6 Å². The van der Waals surface area contributed by atoms with Crippen LogP contribution in [0.15, 0.2) is 46.3 Å². The molecule has 0 fully saturated rings. The molecule has 0 radical (unpaired) electrons. The van der Waals surface area contributed by atoms with Crippen LogP contribution >= 0.6 is 0 Å². The summed E-state index contributed by atoms with van der Waals surface area (Å²) in [4.78, 5) is 30.6. The number of hydrazone groups is 1. The van der Waals surface area contributed by atoms with Gasteiger partial charge in [-0.05, 0) is 62.6 Å². The van der Waals surface area contributed by atoms with E-state index in [0.717, 1.165) is 27.9 Å². The van der Waals surface area contributed by atoms with Gasteiger partial charge in [-0.25, -0.2) is 10.4 Å². The molecule has 0 aliphatic rings. The van der Waals surface area contributed by atoms with Crippen LogP contribution in [-0.2, 0) is 4.79 Å². The number of rotatable bonds is 8. The van der Waals surface area contributed by atoms with Crippen LogP contribution in [0, 0.1) is 27.7 Å². The zero-order valence-corrected chi connectivity index (χ0v) is 19.3. The lowest BCUT2D eigenvalue weighted by atomic mass is 10.1. The molecule has 1 heterocycles. The minimum absolute atomic E-state index is 0.162. The number of aromatic amines is 1. The van der Waals surface area contributed by atoms with Crippen LogP contribution in [0.3, 0.4) is 0 Å². The Morgan fingerprint density at radius 3 is 2.48 bits per heavy atom. The maximum absolute atomic E-state index is 12.4. The van der Waals surface area contributed by atoms with E-state index in [-0.39, 0.29) is 24.0 Å². The van der Waals surface area contributed by atoms with Crippen molar-refractivity contribution in [3.05, 3.63) is 74.7 Å². The Balaban J connectivity index is 1.62. The molecule has 2 aromatic carbocycles. The van der Waals surface area contributed by atoms with Crippen molar-refractivity contribution in [2.45, 2.75) is 27.7 Å². The molecule has 9 nitrogen and oxygen atoms in total. The predicted molar refractivity (Wildman–Crippen MR) is 129 cm³/mol. The molecule has 1 aromatic heterocycles. The highest BCUT2D eigenvalue weighted by Gasteiger charge is 2.11. The molecular weight excluding hydrogens is 422 g/mol. The number of hydrogen-bond acceptors (Lipinski definition) is 7. The van der Waals surface area contributed by atoms with Gasteiger partial charge >= 0.3 is 0 Å². The first-order valence-corrected chi connectivity index (χ1v) is 10.3. The molecule has 0 unspecified atom stereocenters. The highest BCUT2D eigenvalue weighted by Crippen LogP contribution is 2.28. The predicted octanol–water partition coefficient (Wildman–Crippen LogP) is 3.48. The van der Waals surface area contributed by atoms with Crippen LogP contribution in [0.2, 0.25) is 0 Å². The van der Waals surface area contributed by atoms with Crippen LogP contribution in [0.5, 0.6) is 11.5 Å². The maximum atomic E-state index is 12.4. The molecule has 33 heavy (non-hydrogen) atoms. The van der Waals surface area contributed by atoms with Crippen LogP contribution < -0.4 is 25.8 Å². The Hall–Kier alpha value is -4.14. The highest BCUT2D eigenvalue weighted by atomic mass is 16.5. The number of carbonyl (C=O) groups is 1. The van der Waals surface area contributed by atoms with Crippen molar-refractivity contribution < 1.29 is 14.3 Å². The smallest absolute Gasteiger partial charge is 0.262 e. The van der Waals surface area contributed by atoms with E-state index in [4.69, 9.17) is 9.47 Å². The van der Waals surface area contributed by atoms with E-state index in [1.54, 1.807) is 31.3 Å². The quantitative estimate of drug-likeness (QED) is 0.358. The Labute approximate surface area is 191 Å². The molecule has 0 aliphatic carbocycles. The molecule has 3 aromatic rings. The number of hydrogen-bond donors (Lipinski definition) is 3. The van der Waals surface area contributed by atoms with Gasteiger partial charge in [-0.3, -0.25) is 14.6 Å². The summed E-state index contributed by atoms with van der Waals surface area (Å²) in [6, 6.07) is 10.6. The van der Waals surface area contributed by atoms with E-state index in [0.29, 0.717) is 17.2 Å².